The maximum absolute atomic E-state index is 12.2. The van der Waals surface area contributed by atoms with Gasteiger partial charge in [-0.1, -0.05) is 11.6 Å². The summed E-state index contributed by atoms with van der Waals surface area (Å²) in [5.41, 5.74) is -0.142. The Kier molecular flexibility index (Phi) is 6.10. The summed E-state index contributed by atoms with van der Waals surface area (Å²) in [5, 5.41) is 10.9. The van der Waals surface area contributed by atoms with Crippen molar-refractivity contribution in [2.24, 2.45) is 0 Å². The first-order valence-electron chi connectivity index (χ1n) is 6.13. The third kappa shape index (κ3) is 4.71. The monoisotopic (exact) mass is 314 g/mol. The SMILES string of the molecule is COC(=O)CCCN(C)C(=O)c1cc([N+](=O)[O-])ccc1Cl. The summed E-state index contributed by atoms with van der Waals surface area (Å²) in [4.78, 5) is 34.7. The van der Waals surface area contributed by atoms with Gasteiger partial charge in [0.25, 0.3) is 11.6 Å². The lowest BCUT2D eigenvalue weighted by Crippen LogP contribution is -2.28. The summed E-state index contributed by atoms with van der Waals surface area (Å²) in [5.74, 6) is -0.794. The highest BCUT2D eigenvalue weighted by molar-refractivity contribution is 6.33. The average molecular weight is 315 g/mol. The van der Waals surface area contributed by atoms with Gasteiger partial charge in [-0.2, -0.15) is 0 Å². The molecule has 0 aromatic heterocycles. The molecule has 0 fully saturated rings. The van der Waals surface area contributed by atoms with Crippen LogP contribution in [0.5, 0.6) is 0 Å². The van der Waals surface area contributed by atoms with E-state index in [4.69, 9.17) is 11.6 Å². The molecular formula is C13H15ClN2O5. The Balaban J connectivity index is 2.76. The molecule has 0 radical (unpaired) electrons. The Morgan fingerprint density at radius 3 is 2.67 bits per heavy atom. The summed E-state index contributed by atoms with van der Waals surface area (Å²) < 4.78 is 4.50. The Bertz CT molecular complexity index is 561. The van der Waals surface area contributed by atoms with Gasteiger partial charge in [0, 0.05) is 32.1 Å². The fourth-order valence-electron chi connectivity index (χ4n) is 1.66. The summed E-state index contributed by atoms with van der Waals surface area (Å²) in [6, 6.07) is 3.69. The number of non-ortho nitro benzene ring substituents is 1. The molecule has 0 bridgehead atoms. The fourth-order valence-corrected chi connectivity index (χ4v) is 1.86. The summed E-state index contributed by atoms with van der Waals surface area (Å²) in [7, 11) is 2.83. The van der Waals surface area contributed by atoms with Crippen LogP contribution in [0.25, 0.3) is 0 Å². The van der Waals surface area contributed by atoms with Gasteiger partial charge >= 0.3 is 5.97 Å². The third-order valence-electron chi connectivity index (χ3n) is 2.84. The first-order chi connectivity index (χ1) is 9.86. The molecule has 0 aliphatic rings. The second-order valence-electron chi connectivity index (χ2n) is 4.33. The molecule has 1 amide bonds. The van der Waals surface area contributed by atoms with E-state index in [0.29, 0.717) is 13.0 Å². The van der Waals surface area contributed by atoms with E-state index in [-0.39, 0.29) is 28.7 Å². The maximum atomic E-state index is 12.2. The van der Waals surface area contributed by atoms with Crippen LogP contribution in [0.1, 0.15) is 23.2 Å². The quantitative estimate of drug-likeness (QED) is 0.456. The van der Waals surface area contributed by atoms with Crippen molar-refractivity contribution in [3.8, 4) is 0 Å². The number of nitro groups is 1. The molecule has 21 heavy (non-hydrogen) atoms. The molecule has 0 saturated carbocycles. The van der Waals surface area contributed by atoms with Crippen LogP contribution in [-0.4, -0.2) is 42.4 Å². The Hall–Kier alpha value is -2.15. The fraction of sp³-hybridized carbons (Fsp3) is 0.385. The maximum Gasteiger partial charge on any atom is 0.305 e. The van der Waals surface area contributed by atoms with E-state index in [9.17, 15) is 19.7 Å². The number of carbonyl (C=O) groups is 2. The first kappa shape index (κ1) is 16.9. The predicted octanol–water partition coefficient (Wildman–Crippen LogP) is 2.27. The van der Waals surface area contributed by atoms with E-state index in [1.807, 2.05) is 0 Å². The number of esters is 1. The Morgan fingerprint density at radius 2 is 2.10 bits per heavy atom. The second-order valence-corrected chi connectivity index (χ2v) is 4.73. The zero-order valence-electron chi connectivity index (χ0n) is 11.7. The normalized spacial score (nSPS) is 10.0. The standard InChI is InChI=1S/C13H15ClN2O5/c1-15(7-3-4-12(17)21-2)13(18)10-8-9(16(19)20)5-6-11(10)14/h5-6,8H,3-4,7H2,1-2H3. The van der Waals surface area contributed by atoms with Gasteiger partial charge in [0.05, 0.1) is 22.6 Å². The number of hydrogen-bond acceptors (Lipinski definition) is 5. The van der Waals surface area contributed by atoms with Crippen LogP contribution in [0.4, 0.5) is 5.69 Å². The predicted molar refractivity (Wildman–Crippen MR) is 76.3 cm³/mol. The van der Waals surface area contributed by atoms with Crippen molar-refractivity contribution in [1.82, 2.24) is 4.90 Å². The number of hydrogen-bond donors (Lipinski definition) is 0. The zero-order chi connectivity index (χ0) is 16.0. The van der Waals surface area contributed by atoms with Crippen molar-refractivity contribution in [3.63, 3.8) is 0 Å². The Labute approximate surface area is 126 Å². The van der Waals surface area contributed by atoms with Gasteiger partial charge in [0.15, 0.2) is 0 Å². The van der Waals surface area contributed by atoms with E-state index in [1.165, 1.54) is 31.2 Å². The topological polar surface area (TPSA) is 89.8 Å². The van der Waals surface area contributed by atoms with E-state index < -0.39 is 10.8 Å². The lowest BCUT2D eigenvalue weighted by atomic mass is 10.1. The van der Waals surface area contributed by atoms with Gasteiger partial charge in [-0.25, -0.2) is 0 Å². The van der Waals surface area contributed by atoms with E-state index >= 15 is 0 Å². The smallest absolute Gasteiger partial charge is 0.305 e. The summed E-state index contributed by atoms with van der Waals surface area (Å²) in [6.07, 6.45) is 0.623. The molecule has 0 N–H and O–H groups in total. The van der Waals surface area contributed by atoms with Gasteiger partial charge in [-0.3, -0.25) is 19.7 Å². The molecule has 1 aromatic rings. The molecule has 114 valence electrons. The minimum absolute atomic E-state index is 0.0615. The molecule has 1 rings (SSSR count). The van der Waals surface area contributed by atoms with Crippen LogP contribution in [-0.2, 0) is 9.53 Å². The van der Waals surface area contributed by atoms with Crippen molar-refractivity contribution in [1.29, 1.82) is 0 Å². The number of ether oxygens (including phenoxy) is 1. The molecule has 0 atom stereocenters. The van der Waals surface area contributed by atoms with E-state index in [2.05, 4.69) is 4.74 Å². The third-order valence-corrected chi connectivity index (χ3v) is 3.17. The minimum atomic E-state index is -0.593. The molecule has 1 aromatic carbocycles. The van der Waals surface area contributed by atoms with Crippen molar-refractivity contribution in [2.75, 3.05) is 20.7 Å². The first-order valence-corrected chi connectivity index (χ1v) is 6.50. The molecule has 0 saturated heterocycles. The van der Waals surface area contributed by atoms with Crippen LogP contribution >= 0.6 is 11.6 Å². The molecule has 0 spiro atoms. The van der Waals surface area contributed by atoms with Crippen molar-refractivity contribution < 1.29 is 19.2 Å². The van der Waals surface area contributed by atoms with Gasteiger partial charge < -0.3 is 9.64 Å². The number of carbonyl (C=O) groups excluding carboxylic acids is 2. The number of rotatable bonds is 6. The molecule has 0 heterocycles. The van der Waals surface area contributed by atoms with E-state index in [1.54, 1.807) is 0 Å². The zero-order valence-corrected chi connectivity index (χ0v) is 12.4. The summed E-state index contributed by atoms with van der Waals surface area (Å²) in [6.45, 7) is 0.312. The average Bonchev–Trinajstić information content (AvgIpc) is 2.46. The molecule has 0 unspecified atom stereocenters. The lowest BCUT2D eigenvalue weighted by molar-refractivity contribution is -0.384. The van der Waals surface area contributed by atoms with Gasteiger partial charge in [0.2, 0.25) is 0 Å². The molecule has 7 nitrogen and oxygen atoms in total. The molecular weight excluding hydrogens is 300 g/mol. The van der Waals surface area contributed by atoms with Crippen molar-refractivity contribution in [2.45, 2.75) is 12.8 Å². The van der Waals surface area contributed by atoms with Gasteiger partial charge in [-0.15, -0.1) is 0 Å². The number of benzene rings is 1. The van der Waals surface area contributed by atoms with E-state index in [0.717, 1.165) is 6.07 Å². The largest absolute Gasteiger partial charge is 0.469 e. The second kappa shape index (κ2) is 7.58. The number of nitrogens with zero attached hydrogens (tertiary/aromatic N) is 2. The molecule has 8 heteroatoms. The lowest BCUT2D eigenvalue weighted by Gasteiger charge is -2.17. The van der Waals surface area contributed by atoms with Crippen molar-refractivity contribution >= 4 is 29.2 Å². The molecule has 0 aliphatic heterocycles. The van der Waals surface area contributed by atoms with Gasteiger partial charge in [-0.05, 0) is 12.5 Å². The number of methoxy groups -OCH3 is 1. The highest BCUT2D eigenvalue weighted by Crippen LogP contribution is 2.23. The molecule has 0 aliphatic carbocycles. The highest BCUT2D eigenvalue weighted by Gasteiger charge is 2.19. The number of nitro benzene ring substituents is 1. The van der Waals surface area contributed by atoms with Crippen LogP contribution in [0, 0.1) is 10.1 Å². The summed E-state index contributed by atoms with van der Waals surface area (Å²) >= 11 is 5.90. The number of amides is 1. The van der Waals surface area contributed by atoms with Crippen molar-refractivity contribution in [3.05, 3.63) is 38.9 Å². The van der Waals surface area contributed by atoms with Crippen LogP contribution < -0.4 is 0 Å². The number of halogens is 1. The minimum Gasteiger partial charge on any atom is -0.469 e. The van der Waals surface area contributed by atoms with Gasteiger partial charge in [0.1, 0.15) is 0 Å². The Morgan fingerprint density at radius 1 is 1.43 bits per heavy atom. The van der Waals surface area contributed by atoms with Crippen LogP contribution in [0.2, 0.25) is 5.02 Å². The highest BCUT2D eigenvalue weighted by atomic mass is 35.5. The van der Waals surface area contributed by atoms with Crippen LogP contribution in [0.3, 0.4) is 0 Å². The van der Waals surface area contributed by atoms with Crippen LogP contribution in [0.15, 0.2) is 18.2 Å².